The quantitative estimate of drug-likeness (QED) is 0.284. The van der Waals surface area contributed by atoms with Crippen LogP contribution in [0.2, 0.25) is 0 Å². The van der Waals surface area contributed by atoms with Gasteiger partial charge in [-0.2, -0.15) is 0 Å². The third-order valence-corrected chi connectivity index (χ3v) is 4.73. The van der Waals surface area contributed by atoms with Crippen LogP contribution in [0.25, 0.3) is 11.1 Å². The summed E-state index contributed by atoms with van der Waals surface area (Å²) in [5.41, 5.74) is 3.03. The van der Waals surface area contributed by atoms with Gasteiger partial charge in [-0.05, 0) is 48.9 Å². The molecule has 0 atom stereocenters. The Kier molecular flexibility index (Phi) is 6.86. The van der Waals surface area contributed by atoms with Crippen molar-refractivity contribution in [1.29, 1.82) is 0 Å². The Morgan fingerprint density at radius 2 is 1.62 bits per heavy atom. The lowest BCUT2D eigenvalue weighted by Gasteiger charge is -2.15. The number of carbonyl (C=O) groups excluding carboxylic acids is 1. The smallest absolute Gasteiger partial charge is 0.343 e. The third-order valence-electron chi connectivity index (χ3n) is 4.73. The largest absolute Gasteiger partial charge is 0.497 e. The van der Waals surface area contributed by atoms with Crippen molar-refractivity contribution in [2.75, 3.05) is 19.5 Å². The van der Waals surface area contributed by atoms with Crippen LogP contribution in [0.3, 0.4) is 0 Å². The van der Waals surface area contributed by atoms with E-state index in [0.717, 1.165) is 0 Å². The minimum atomic E-state index is -1.65. The first-order valence-corrected chi connectivity index (χ1v) is 9.83. The van der Waals surface area contributed by atoms with E-state index in [1.807, 2.05) is 4.98 Å². The minimum absolute atomic E-state index is 0.00187. The monoisotopic (exact) mass is 468 g/mol. The van der Waals surface area contributed by atoms with Crippen LogP contribution >= 0.6 is 0 Å². The Morgan fingerprint density at radius 3 is 2.18 bits per heavy atom. The Hall–Kier alpha value is -4.80. The fourth-order valence-corrected chi connectivity index (χ4v) is 3.24. The number of anilines is 1. The highest BCUT2D eigenvalue weighted by Crippen LogP contribution is 2.36. The standard InChI is InChI=1S/C23H20N2O9/c1-3-33-15-10-12(16-17(21(27)28)19(24)25-20(26)18(16)22(29)30)6-9-14(15)34-23(31)11-4-7-13(32-2)8-5-11/h4-10H,3H2,1-2H3,(H,27,28)(H,29,30)(H3,24,25,26). The van der Waals surface area contributed by atoms with E-state index in [9.17, 15) is 29.4 Å². The number of aromatic carboxylic acids is 2. The van der Waals surface area contributed by atoms with Crippen molar-refractivity contribution in [3.05, 3.63) is 69.5 Å². The van der Waals surface area contributed by atoms with Crippen LogP contribution in [-0.2, 0) is 0 Å². The molecule has 34 heavy (non-hydrogen) atoms. The van der Waals surface area contributed by atoms with Gasteiger partial charge in [-0.15, -0.1) is 0 Å². The first-order chi connectivity index (χ1) is 16.2. The van der Waals surface area contributed by atoms with Crippen molar-refractivity contribution in [3.63, 3.8) is 0 Å². The number of aromatic nitrogens is 1. The fraction of sp³-hybridized carbons (Fsp3) is 0.130. The van der Waals surface area contributed by atoms with Crippen LogP contribution < -0.4 is 25.5 Å². The second-order valence-electron chi connectivity index (χ2n) is 6.82. The molecule has 0 aliphatic rings. The number of methoxy groups -OCH3 is 1. The average Bonchev–Trinajstić information content (AvgIpc) is 2.79. The number of nitrogens with two attached hydrogens (primary N) is 1. The highest BCUT2D eigenvalue weighted by Gasteiger charge is 2.27. The molecule has 11 nitrogen and oxygen atoms in total. The minimum Gasteiger partial charge on any atom is -0.497 e. The molecule has 5 N–H and O–H groups in total. The number of carboxylic acids is 2. The predicted octanol–water partition coefficient (Wildman–Crippen LogP) is 2.65. The van der Waals surface area contributed by atoms with E-state index in [2.05, 4.69) is 0 Å². The number of nitrogen functional groups attached to an aromatic ring is 1. The van der Waals surface area contributed by atoms with Crippen LogP contribution in [0.5, 0.6) is 17.2 Å². The average molecular weight is 468 g/mol. The highest BCUT2D eigenvalue weighted by molar-refractivity contribution is 6.07. The molecule has 2 aromatic carbocycles. The number of H-pyrrole nitrogens is 1. The van der Waals surface area contributed by atoms with Gasteiger partial charge in [0.1, 0.15) is 22.7 Å². The van der Waals surface area contributed by atoms with E-state index in [1.54, 1.807) is 19.1 Å². The van der Waals surface area contributed by atoms with Crippen molar-refractivity contribution in [2.24, 2.45) is 0 Å². The van der Waals surface area contributed by atoms with Gasteiger partial charge in [-0.25, -0.2) is 14.4 Å². The van der Waals surface area contributed by atoms with E-state index in [4.69, 9.17) is 19.9 Å². The summed E-state index contributed by atoms with van der Waals surface area (Å²) in [6.45, 7) is 1.81. The number of benzene rings is 2. The lowest BCUT2D eigenvalue weighted by Crippen LogP contribution is -2.24. The number of carboxylic acid groups (broad SMARTS) is 2. The van der Waals surface area contributed by atoms with Gasteiger partial charge in [0.05, 0.1) is 19.3 Å². The molecule has 3 rings (SSSR count). The Labute approximate surface area is 192 Å². The maximum Gasteiger partial charge on any atom is 0.343 e. The molecule has 0 amide bonds. The van der Waals surface area contributed by atoms with Gasteiger partial charge in [0.2, 0.25) is 0 Å². The summed E-state index contributed by atoms with van der Waals surface area (Å²) < 4.78 is 16.0. The fourth-order valence-electron chi connectivity index (χ4n) is 3.24. The molecule has 0 saturated heterocycles. The molecule has 0 aliphatic heterocycles. The summed E-state index contributed by atoms with van der Waals surface area (Å²) in [6.07, 6.45) is 0. The topological polar surface area (TPSA) is 178 Å². The number of hydrogen-bond donors (Lipinski definition) is 4. The summed E-state index contributed by atoms with van der Waals surface area (Å²) in [5, 5.41) is 19.2. The summed E-state index contributed by atoms with van der Waals surface area (Å²) in [7, 11) is 1.49. The molecule has 3 aromatic rings. The summed E-state index contributed by atoms with van der Waals surface area (Å²) in [4.78, 5) is 50.4. The molecule has 0 radical (unpaired) electrons. The number of nitrogens with one attached hydrogen (secondary N) is 1. The Balaban J connectivity index is 2.12. The van der Waals surface area contributed by atoms with Gasteiger partial charge in [0.25, 0.3) is 5.56 Å². The maximum atomic E-state index is 12.6. The summed E-state index contributed by atoms with van der Waals surface area (Å²) in [5.74, 6) is -3.83. The first-order valence-electron chi connectivity index (χ1n) is 9.83. The van der Waals surface area contributed by atoms with Gasteiger partial charge in [-0.1, -0.05) is 6.07 Å². The van der Waals surface area contributed by atoms with Crippen LogP contribution in [0.1, 0.15) is 38.0 Å². The number of carbonyl (C=O) groups is 3. The number of hydrogen-bond acceptors (Lipinski definition) is 8. The molecular formula is C23H20N2O9. The van der Waals surface area contributed by atoms with E-state index in [-0.39, 0.29) is 29.2 Å². The molecule has 1 aromatic heterocycles. The van der Waals surface area contributed by atoms with Gasteiger partial charge in [0, 0.05) is 5.56 Å². The van der Waals surface area contributed by atoms with Gasteiger partial charge in [0.15, 0.2) is 11.5 Å². The number of aromatic amines is 1. The second kappa shape index (κ2) is 9.77. The van der Waals surface area contributed by atoms with Crippen LogP contribution in [0.4, 0.5) is 5.82 Å². The molecule has 11 heteroatoms. The van der Waals surface area contributed by atoms with Crippen molar-refractivity contribution >= 4 is 23.7 Å². The molecular weight excluding hydrogens is 448 g/mol. The van der Waals surface area contributed by atoms with Gasteiger partial charge in [-0.3, -0.25) is 4.79 Å². The number of pyridine rings is 1. The van der Waals surface area contributed by atoms with Crippen LogP contribution in [-0.4, -0.2) is 46.8 Å². The van der Waals surface area contributed by atoms with Crippen molar-refractivity contribution in [2.45, 2.75) is 6.92 Å². The Bertz CT molecular complexity index is 1330. The number of esters is 1. The van der Waals surface area contributed by atoms with Crippen LogP contribution in [0.15, 0.2) is 47.3 Å². The second-order valence-corrected chi connectivity index (χ2v) is 6.82. The van der Waals surface area contributed by atoms with Crippen molar-refractivity contribution in [1.82, 2.24) is 4.98 Å². The molecule has 0 spiro atoms. The first kappa shape index (κ1) is 23.9. The predicted molar refractivity (Wildman–Crippen MR) is 120 cm³/mol. The van der Waals surface area contributed by atoms with Crippen molar-refractivity contribution < 1.29 is 38.8 Å². The summed E-state index contributed by atoms with van der Waals surface area (Å²) in [6, 6.07) is 10.1. The lowest BCUT2D eigenvalue weighted by atomic mass is 9.95. The third kappa shape index (κ3) is 4.67. The highest BCUT2D eigenvalue weighted by atomic mass is 16.6. The van der Waals surface area contributed by atoms with E-state index in [0.29, 0.717) is 5.75 Å². The lowest BCUT2D eigenvalue weighted by molar-refractivity contribution is 0.0693. The molecule has 176 valence electrons. The van der Waals surface area contributed by atoms with Crippen molar-refractivity contribution in [3.8, 4) is 28.4 Å². The molecule has 0 unspecified atom stereocenters. The zero-order chi connectivity index (χ0) is 25.0. The molecule has 0 bridgehead atoms. The van der Waals surface area contributed by atoms with Gasteiger partial charge >= 0.3 is 17.9 Å². The molecule has 1 heterocycles. The van der Waals surface area contributed by atoms with Crippen LogP contribution in [0, 0.1) is 0 Å². The Morgan fingerprint density at radius 1 is 0.971 bits per heavy atom. The molecule has 0 fully saturated rings. The normalized spacial score (nSPS) is 10.4. The van der Waals surface area contributed by atoms with E-state index < -0.39 is 46.0 Å². The number of rotatable bonds is 8. The number of ether oxygens (including phenoxy) is 3. The zero-order valence-electron chi connectivity index (χ0n) is 18.1. The van der Waals surface area contributed by atoms with Gasteiger partial charge < -0.3 is 35.1 Å². The zero-order valence-corrected chi connectivity index (χ0v) is 18.1. The van der Waals surface area contributed by atoms with E-state index in [1.165, 1.54) is 37.4 Å². The summed E-state index contributed by atoms with van der Waals surface area (Å²) >= 11 is 0. The van der Waals surface area contributed by atoms with E-state index >= 15 is 0 Å². The molecule has 0 saturated carbocycles. The maximum absolute atomic E-state index is 12.6. The molecule has 0 aliphatic carbocycles. The SMILES string of the molecule is CCOc1cc(-c2c(C(=O)O)c(N)[nH]c(=O)c2C(=O)O)ccc1OC(=O)c1ccc(OC)cc1.